The zero-order valence-electron chi connectivity index (χ0n) is 12.5. The normalized spacial score (nSPS) is 12.8. The van der Waals surface area contributed by atoms with E-state index in [4.69, 9.17) is 0 Å². The maximum absolute atomic E-state index is 4.13. The molecule has 0 saturated carbocycles. The first-order chi connectivity index (χ1) is 9.66. The van der Waals surface area contributed by atoms with Crippen LogP contribution in [0.1, 0.15) is 38.2 Å². The molecule has 0 aliphatic rings. The molecule has 0 bridgehead atoms. The number of benzene rings is 1. The smallest absolute Gasteiger partial charge is 0.165 e. The van der Waals surface area contributed by atoms with Gasteiger partial charge in [-0.25, -0.2) is 4.68 Å². The molecular weight excluding hydrogens is 250 g/mol. The van der Waals surface area contributed by atoms with Gasteiger partial charge in [-0.15, -0.1) is 5.10 Å². The molecule has 1 unspecified atom stereocenters. The average molecular weight is 273 g/mol. The van der Waals surface area contributed by atoms with Crippen LogP contribution in [0.2, 0.25) is 0 Å². The Labute approximate surface area is 120 Å². The fourth-order valence-corrected chi connectivity index (χ4v) is 2.19. The standard InChI is InChI=1S/C15H23N5/c1-12(2)10-16-11-15-17-18-19-20(15)13(3)9-14-7-5-4-6-8-14/h4-8,12-13,16H,9-11H2,1-3H3. The van der Waals surface area contributed by atoms with Crippen molar-refractivity contribution >= 4 is 0 Å². The molecule has 1 N–H and O–H groups in total. The van der Waals surface area contributed by atoms with E-state index in [1.165, 1.54) is 5.56 Å². The third kappa shape index (κ3) is 4.13. The molecule has 0 aliphatic heterocycles. The highest BCUT2D eigenvalue weighted by Gasteiger charge is 2.13. The quantitative estimate of drug-likeness (QED) is 0.840. The molecule has 1 heterocycles. The second kappa shape index (κ2) is 7.14. The second-order valence-electron chi connectivity index (χ2n) is 5.60. The second-order valence-corrected chi connectivity index (χ2v) is 5.60. The number of nitrogens with zero attached hydrogens (tertiary/aromatic N) is 4. The summed E-state index contributed by atoms with van der Waals surface area (Å²) in [7, 11) is 0. The lowest BCUT2D eigenvalue weighted by Gasteiger charge is -2.14. The summed E-state index contributed by atoms with van der Waals surface area (Å²) >= 11 is 0. The fraction of sp³-hybridized carbons (Fsp3) is 0.533. The van der Waals surface area contributed by atoms with Crippen molar-refractivity contribution in [3.05, 3.63) is 41.7 Å². The highest BCUT2D eigenvalue weighted by atomic mass is 15.6. The average Bonchev–Trinajstić information content (AvgIpc) is 2.88. The zero-order valence-corrected chi connectivity index (χ0v) is 12.5. The molecule has 1 atom stereocenters. The van der Waals surface area contributed by atoms with E-state index in [2.05, 4.69) is 65.9 Å². The van der Waals surface area contributed by atoms with Crippen LogP contribution in [0.4, 0.5) is 0 Å². The van der Waals surface area contributed by atoms with Gasteiger partial charge in [0.2, 0.25) is 0 Å². The zero-order chi connectivity index (χ0) is 14.4. The Bertz CT molecular complexity index is 506. The Morgan fingerprint density at radius 1 is 1.15 bits per heavy atom. The Balaban J connectivity index is 1.96. The third-order valence-electron chi connectivity index (χ3n) is 3.19. The Hall–Kier alpha value is -1.75. The van der Waals surface area contributed by atoms with Crippen LogP contribution in [0.3, 0.4) is 0 Å². The number of hydrogen-bond acceptors (Lipinski definition) is 4. The van der Waals surface area contributed by atoms with Gasteiger partial charge in [0, 0.05) is 0 Å². The highest BCUT2D eigenvalue weighted by molar-refractivity contribution is 5.15. The summed E-state index contributed by atoms with van der Waals surface area (Å²) in [5, 5.41) is 15.4. The van der Waals surface area contributed by atoms with Crippen LogP contribution < -0.4 is 5.32 Å². The van der Waals surface area contributed by atoms with E-state index in [9.17, 15) is 0 Å². The number of rotatable bonds is 7. The van der Waals surface area contributed by atoms with Gasteiger partial charge in [0.25, 0.3) is 0 Å². The number of tetrazole rings is 1. The van der Waals surface area contributed by atoms with Crippen LogP contribution >= 0.6 is 0 Å². The molecule has 1 aromatic carbocycles. The summed E-state index contributed by atoms with van der Waals surface area (Å²) < 4.78 is 1.92. The molecule has 5 heteroatoms. The van der Waals surface area contributed by atoms with Crippen molar-refractivity contribution in [2.75, 3.05) is 6.54 Å². The van der Waals surface area contributed by atoms with Crippen LogP contribution in [0.5, 0.6) is 0 Å². The van der Waals surface area contributed by atoms with E-state index in [-0.39, 0.29) is 6.04 Å². The molecule has 0 amide bonds. The molecule has 0 saturated heterocycles. The van der Waals surface area contributed by atoms with Crippen molar-refractivity contribution in [1.29, 1.82) is 0 Å². The predicted octanol–water partition coefficient (Wildman–Crippen LogP) is 2.22. The summed E-state index contributed by atoms with van der Waals surface area (Å²) in [6, 6.07) is 10.7. The minimum Gasteiger partial charge on any atom is -0.310 e. The van der Waals surface area contributed by atoms with E-state index in [0.29, 0.717) is 12.5 Å². The molecule has 0 fully saturated rings. The largest absolute Gasteiger partial charge is 0.310 e. The monoisotopic (exact) mass is 273 g/mol. The molecule has 5 nitrogen and oxygen atoms in total. The predicted molar refractivity (Wildman–Crippen MR) is 79.2 cm³/mol. The van der Waals surface area contributed by atoms with Crippen molar-refractivity contribution in [3.8, 4) is 0 Å². The molecule has 0 spiro atoms. The van der Waals surface area contributed by atoms with Gasteiger partial charge >= 0.3 is 0 Å². The fourth-order valence-electron chi connectivity index (χ4n) is 2.19. The maximum Gasteiger partial charge on any atom is 0.165 e. The number of nitrogens with one attached hydrogen (secondary N) is 1. The van der Waals surface area contributed by atoms with Crippen molar-refractivity contribution in [2.45, 2.75) is 39.8 Å². The summed E-state index contributed by atoms with van der Waals surface area (Å²) in [6.07, 6.45) is 0.934. The Kier molecular flexibility index (Phi) is 5.24. The summed E-state index contributed by atoms with van der Waals surface area (Å²) in [6.45, 7) is 8.21. The van der Waals surface area contributed by atoms with Crippen LogP contribution in [-0.2, 0) is 13.0 Å². The number of aromatic nitrogens is 4. The van der Waals surface area contributed by atoms with Gasteiger partial charge in [-0.05, 0) is 41.8 Å². The molecule has 1 aromatic heterocycles. The van der Waals surface area contributed by atoms with E-state index >= 15 is 0 Å². The van der Waals surface area contributed by atoms with Crippen LogP contribution in [-0.4, -0.2) is 26.8 Å². The first-order valence-electron chi connectivity index (χ1n) is 7.18. The molecule has 20 heavy (non-hydrogen) atoms. The molecule has 0 aliphatic carbocycles. The van der Waals surface area contributed by atoms with Crippen molar-refractivity contribution in [2.24, 2.45) is 5.92 Å². The lowest BCUT2D eigenvalue weighted by Crippen LogP contribution is -2.23. The maximum atomic E-state index is 4.13. The summed E-state index contributed by atoms with van der Waals surface area (Å²) in [4.78, 5) is 0. The molecule has 0 radical (unpaired) electrons. The van der Waals surface area contributed by atoms with E-state index in [0.717, 1.165) is 18.8 Å². The first kappa shape index (κ1) is 14.7. The van der Waals surface area contributed by atoms with Gasteiger partial charge in [0.15, 0.2) is 5.82 Å². The lowest BCUT2D eigenvalue weighted by atomic mass is 10.1. The summed E-state index contributed by atoms with van der Waals surface area (Å²) in [5.41, 5.74) is 1.30. The van der Waals surface area contributed by atoms with Crippen LogP contribution in [0.25, 0.3) is 0 Å². The van der Waals surface area contributed by atoms with Crippen LogP contribution in [0, 0.1) is 5.92 Å². The Morgan fingerprint density at radius 2 is 1.90 bits per heavy atom. The molecule has 2 rings (SSSR count). The SMILES string of the molecule is CC(C)CNCc1nnnn1C(C)Cc1ccccc1. The molecule has 108 valence electrons. The van der Waals surface area contributed by atoms with E-state index < -0.39 is 0 Å². The minimum atomic E-state index is 0.253. The van der Waals surface area contributed by atoms with Gasteiger partial charge in [0.1, 0.15) is 0 Å². The highest BCUT2D eigenvalue weighted by Crippen LogP contribution is 2.13. The summed E-state index contributed by atoms with van der Waals surface area (Å²) in [5.74, 6) is 1.52. The molecular formula is C15H23N5. The Morgan fingerprint density at radius 3 is 2.60 bits per heavy atom. The molecule has 2 aromatic rings. The lowest BCUT2D eigenvalue weighted by molar-refractivity contribution is 0.443. The first-order valence-corrected chi connectivity index (χ1v) is 7.18. The van der Waals surface area contributed by atoms with E-state index in [1.54, 1.807) is 0 Å². The minimum absolute atomic E-state index is 0.253. The van der Waals surface area contributed by atoms with Gasteiger partial charge < -0.3 is 5.32 Å². The van der Waals surface area contributed by atoms with Gasteiger partial charge in [-0.3, -0.25) is 0 Å². The number of hydrogen-bond donors (Lipinski definition) is 1. The third-order valence-corrected chi connectivity index (χ3v) is 3.19. The van der Waals surface area contributed by atoms with Crippen molar-refractivity contribution < 1.29 is 0 Å². The van der Waals surface area contributed by atoms with Gasteiger partial charge in [-0.2, -0.15) is 0 Å². The van der Waals surface area contributed by atoms with Crippen molar-refractivity contribution in [1.82, 2.24) is 25.5 Å². The van der Waals surface area contributed by atoms with Gasteiger partial charge in [-0.1, -0.05) is 44.2 Å². The van der Waals surface area contributed by atoms with Crippen LogP contribution in [0.15, 0.2) is 30.3 Å². The van der Waals surface area contributed by atoms with E-state index in [1.807, 2.05) is 10.7 Å². The topological polar surface area (TPSA) is 55.6 Å². The van der Waals surface area contributed by atoms with Crippen molar-refractivity contribution in [3.63, 3.8) is 0 Å². The van der Waals surface area contributed by atoms with Gasteiger partial charge in [0.05, 0.1) is 12.6 Å².